The zero-order valence-electron chi connectivity index (χ0n) is 18.8. The van der Waals surface area contributed by atoms with E-state index in [-0.39, 0.29) is 33.4 Å². The molecule has 1 aromatic carbocycles. The molecule has 0 bridgehead atoms. The van der Waals surface area contributed by atoms with Crippen LogP contribution in [0.15, 0.2) is 42.9 Å². The predicted octanol–water partition coefficient (Wildman–Crippen LogP) is 2.94. The van der Waals surface area contributed by atoms with Crippen molar-refractivity contribution < 1.29 is 27.6 Å². The monoisotopic (exact) mass is 572 g/mol. The molecule has 1 aliphatic carbocycles. The predicted molar refractivity (Wildman–Crippen MR) is 136 cm³/mol. The number of aromatic nitrogens is 2. The van der Waals surface area contributed by atoms with Gasteiger partial charge in [0, 0.05) is 35.4 Å². The van der Waals surface area contributed by atoms with Crippen molar-refractivity contribution in [2.24, 2.45) is 0 Å². The lowest BCUT2D eigenvalue weighted by Gasteiger charge is -2.15. The van der Waals surface area contributed by atoms with E-state index in [9.17, 15) is 23.4 Å². The molecule has 0 unspecified atom stereocenters. The van der Waals surface area contributed by atoms with Crippen LogP contribution >= 0.6 is 34.5 Å². The summed E-state index contributed by atoms with van der Waals surface area (Å²) in [5.74, 6) is -0.214. The van der Waals surface area contributed by atoms with Crippen LogP contribution in [0.25, 0.3) is 0 Å². The van der Waals surface area contributed by atoms with Gasteiger partial charge in [-0.15, -0.1) is 11.3 Å². The van der Waals surface area contributed by atoms with Crippen molar-refractivity contribution >= 4 is 56.4 Å². The van der Waals surface area contributed by atoms with E-state index in [1.807, 2.05) is 4.72 Å². The van der Waals surface area contributed by atoms with Crippen molar-refractivity contribution in [1.29, 1.82) is 0 Å². The topological polar surface area (TPSA) is 151 Å². The smallest absolute Gasteiger partial charge is 0.335 e. The molecule has 2 aromatic heterocycles. The molecule has 1 saturated carbocycles. The van der Waals surface area contributed by atoms with Gasteiger partial charge in [0.05, 0.1) is 20.9 Å². The molecule has 4 N–H and O–H groups in total. The van der Waals surface area contributed by atoms with Crippen molar-refractivity contribution in [3.8, 4) is 0 Å². The summed E-state index contributed by atoms with van der Waals surface area (Å²) >= 11 is 13.6. The third kappa shape index (κ3) is 5.87. The summed E-state index contributed by atoms with van der Waals surface area (Å²) in [5.41, 5.74) is 0.949. The van der Waals surface area contributed by atoms with Crippen LogP contribution in [-0.4, -0.2) is 59.7 Å². The quantitative estimate of drug-likeness (QED) is 0.283. The van der Waals surface area contributed by atoms with Gasteiger partial charge in [-0.25, -0.2) is 9.97 Å². The number of carbonyl (C=O) groups excluding carboxylic acids is 1. The Morgan fingerprint density at radius 1 is 1.25 bits per heavy atom. The highest BCUT2D eigenvalue weighted by atomic mass is 35.5. The lowest BCUT2D eigenvalue weighted by atomic mass is 10.0. The van der Waals surface area contributed by atoms with Crippen molar-refractivity contribution in [3.05, 3.63) is 73.8 Å². The molecule has 0 radical (unpaired) electrons. The van der Waals surface area contributed by atoms with Gasteiger partial charge in [0.1, 0.15) is 24.4 Å². The number of benzene rings is 1. The molecule has 1 aliphatic rings. The number of aliphatic hydroxyl groups is 2. The van der Waals surface area contributed by atoms with E-state index < -0.39 is 40.4 Å². The second-order valence-corrected chi connectivity index (χ2v) is 11.6. The molecule has 4 rings (SSSR count). The molecule has 2 heterocycles. The summed E-state index contributed by atoms with van der Waals surface area (Å²) in [7, 11) is -2.77. The molecular weight excluding hydrogens is 551 g/mol. The van der Waals surface area contributed by atoms with E-state index in [1.54, 1.807) is 24.3 Å². The van der Waals surface area contributed by atoms with Crippen LogP contribution in [0.1, 0.15) is 45.3 Å². The summed E-state index contributed by atoms with van der Waals surface area (Å²) in [6.45, 7) is 0. The minimum atomic E-state index is -3.98. The molecule has 0 spiro atoms. The fourth-order valence-electron chi connectivity index (χ4n) is 3.89. The fraction of sp³-hybridized carbons (Fsp3) is 0.318. The summed E-state index contributed by atoms with van der Waals surface area (Å²) in [6.07, 6.45) is -0.154. The zero-order valence-corrected chi connectivity index (χ0v) is 21.9. The molecule has 10 nitrogen and oxygen atoms in total. The first-order chi connectivity index (χ1) is 17.1. The molecule has 36 heavy (non-hydrogen) atoms. The molecule has 192 valence electrons. The van der Waals surface area contributed by atoms with E-state index in [0.29, 0.717) is 16.1 Å². The van der Waals surface area contributed by atoms with Crippen LogP contribution in [0, 0.1) is 0 Å². The van der Waals surface area contributed by atoms with Crippen LogP contribution in [0.4, 0.5) is 5.82 Å². The third-order valence-corrected chi connectivity index (χ3v) is 8.43. The van der Waals surface area contributed by atoms with Crippen molar-refractivity contribution in [2.45, 2.75) is 37.2 Å². The fourth-order valence-corrected chi connectivity index (χ4v) is 6.04. The first-order valence-corrected chi connectivity index (χ1v) is 13.7. The molecule has 0 aliphatic heterocycles. The molecule has 14 heteroatoms. The van der Waals surface area contributed by atoms with Gasteiger partial charge in [0.2, 0.25) is 5.78 Å². The highest BCUT2D eigenvalue weighted by Crippen LogP contribution is 2.38. The number of nitrogens with one attached hydrogen (secondary N) is 2. The van der Waals surface area contributed by atoms with Gasteiger partial charge in [-0.05, 0) is 25.0 Å². The molecule has 0 amide bonds. The van der Waals surface area contributed by atoms with Crippen molar-refractivity contribution in [2.75, 3.05) is 12.4 Å². The first-order valence-electron chi connectivity index (χ1n) is 10.7. The third-order valence-electron chi connectivity index (χ3n) is 5.70. The lowest BCUT2D eigenvalue weighted by Crippen LogP contribution is -2.31. The second-order valence-electron chi connectivity index (χ2n) is 8.05. The maximum Gasteiger partial charge on any atom is 0.335 e. The van der Waals surface area contributed by atoms with Crippen LogP contribution in [0.5, 0.6) is 0 Å². The number of hydrogen-bond acceptors (Lipinski definition) is 10. The summed E-state index contributed by atoms with van der Waals surface area (Å²) in [6, 6.07) is 7.89. The molecule has 1 fully saturated rings. The number of carbonyl (C=O) groups is 1. The minimum Gasteiger partial charge on any atom is -0.390 e. The molecule has 4 atom stereocenters. The average Bonchev–Trinajstić information content (AvgIpc) is 3.40. The Morgan fingerprint density at radius 2 is 2.00 bits per heavy atom. The van der Waals surface area contributed by atoms with Crippen LogP contribution in [0.2, 0.25) is 9.36 Å². The van der Waals surface area contributed by atoms with Crippen molar-refractivity contribution in [3.63, 3.8) is 0 Å². The molecular formula is C22H22Cl2N4O6S2. The Labute approximate surface area is 221 Å². The van der Waals surface area contributed by atoms with Gasteiger partial charge < -0.3 is 15.5 Å². The van der Waals surface area contributed by atoms with E-state index in [4.69, 9.17) is 27.4 Å². The number of nitrogens with zero attached hydrogens (tertiary/aromatic N) is 2. The van der Waals surface area contributed by atoms with Gasteiger partial charge >= 0.3 is 10.3 Å². The largest absolute Gasteiger partial charge is 0.390 e. The standard InChI is InChI=1S/C22H22Cl2N4O6S2/c1-25-36(32,33)34-17-7-11(6-16(17)29)28-22-14(9-26-10-27-22)20(31)18-8-13(21(24)35-18)19(30)12-4-2-3-5-15(12)23/h2-5,8-11,16-17,19,25,29-30H,6-7H2,1H3,(H,26,27,28)/t11-,16+,17-,19-/m1/s1. The summed E-state index contributed by atoms with van der Waals surface area (Å²) < 4.78 is 30.6. The highest BCUT2D eigenvalue weighted by molar-refractivity contribution is 7.84. The number of ketones is 1. The van der Waals surface area contributed by atoms with Gasteiger partial charge in [-0.2, -0.15) is 13.1 Å². The van der Waals surface area contributed by atoms with Gasteiger partial charge in [-0.1, -0.05) is 41.4 Å². The van der Waals surface area contributed by atoms with Crippen LogP contribution in [-0.2, 0) is 14.5 Å². The number of anilines is 1. The van der Waals surface area contributed by atoms with E-state index in [2.05, 4.69) is 15.3 Å². The summed E-state index contributed by atoms with van der Waals surface area (Å²) in [4.78, 5) is 21.7. The Balaban J connectivity index is 1.54. The Bertz CT molecular complexity index is 1370. The van der Waals surface area contributed by atoms with E-state index >= 15 is 0 Å². The van der Waals surface area contributed by atoms with Crippen molar-refractivity contribution in [1.82, 2.24) is 14.7 Å². The zero-order chi connectivity index (χ0) is 26.0. The number of rotatable bonds is 9. The Kier molecular flexibility index (Phi) is 8.27. The number of hydrogen-bond donors (Lipinski definition) is 4. The maximum atomic E-state index is 13.4. The second kappa shape index (κ2) is 11.1. The number of halogens is 2. The molecule has 3 aromatic rings. The average molecular weight is 573 g/mol. The minimum absolute atomic E-state index is 0.149. The SMILES string of the molecule is CNS(=O)(=O)O[C@@H]1C[C@H](Nc2ncncc2C(=O)c2cc([C@H](O)c3ccccc3Cl)c(Cl)s2)C[C@@H]1O. The van der Waals surface area contributed by atoms with Crippen LogP contribution < -0.4 is 10.0 Å². The van der Waals surface area contributed by atoms with Gasteiger partial charge in [0.15, 0.2) is 0 Å². The van der Waals surface area contributed by atoms with Gasteiger partial charge in [-0.3, -0.25) is 8.98 Å². The first kappa shape index (κ1) is 26.9. The Hall–Kier alpha value is -2.16. The number of aliphatic hydroxyl groups excluding tert-OH is 2. The Morgan fingerprint density at radius 3 is 2.72 bits per heavy atom. The maximum absolute atomic E-state index is 13.4. The number of thiophene rings is 1. The lowest BCUT2D eigenvalue weighted by molar-refractivity contribution is 0.0636. The summed E-state index contributed by atoms with van der Waals surface area (Å²) in [5, 5.41) is 24.5. The highest BCUT2D eigenvalue weighted by Gasteiger charge is 2.37. The normalized spacial score (nSPS) is 20.9. The van der Waals surface area contributed by atoms with E-state index in [0.717, 1.165) is 11.3 Å². The van der Waals surface area contributed by atoms with Gasteiger partial charge in [0.25, 0.3) is 0 Å². The van der Waals surface area contributed by atoms with E-state index in [1.165, 1.54) is 25.6 Å². The van der Waals surface area contributed by atoms with Crippen LogP contribution in [0.3, 0.4) is 0 Å². The molecule has 0 saturated heterocycles.